The van der Waals surface area contributed by atoms with Crippen molar-refractivity contribution in [1.29, 1.82) is 0 Å². The lowest BCUT2D eigenvalue weighted by molar-refractivity contribution is 0.478. The van der Waals surface area contributed by atoms with Crippen LogP contribution in [0.3, 0.4) is 0 Å². The second-order valence-corrected chi connectivity index (χ2v) is 6.60. The van der Waals surface area contributed by atoms with Crippen LogP contribution in [-0.2, 0) is 6.42 Å². The van der Waals surface area contributed by atoms with E-state index < -0.39 is 0 Å². The van der Waals surface area contributed by atoms with E-state index >= 15 is 0 Å². The number of hydrogen-bond donors (Lipinski definition) is 1. The minimum Gasteiger partial charge on any atom is -0.317 e. The third-order valence-electron chi connectivity index (χ3n) is 4.06. The standard InChI is InChI=1S/C18H29Cl2N/c1-3-4-5-6-7-8-9-12-16(21-2)14-15-11-10-13-17(19)18(15)20/h10-11,13,16,21H,3-9,12,14H2,1-2H3. The fraction of sp³-hybridized carbons (Fsp3) is 0.667. The van der Waals surface area contributed by atoms with E-state index in [1.165, 1.54) is 51.4 Å². The van der Waals surface area contributed by atoms with Crippen molar-refractivity contribution in [2.45, 2.75) is 70.8 Å². The van der Waals surface area contributed by atoms with Crippen molar-refractivity contribution < 1.29 is 0 Å². The molecule has 0 aliphatic heterocycles. The van der Waals surface area contributed by atoms with E-state index in [0.29, 0.717) is 16.1 Å². The summed E-state index contributed by atoms with van der Waals surface area (Å²) in [5, 5.41) is 4.77. The van der Waals surface area contributed by atoms with Gasteiger partial charge in [0.2, 0.25) is 0 Å². The summed E-state index contributed by atoms with van der Waals surface area (Å²) in [7, 11) is 2.03. The summed E-state index contributed by atoms with van der Waals surface area (Å²) in [5.74, 6) is 0. The predicted octanol–water partition coefficient (Wildman–Crippen LogP) is 6.26. The van der Waals surface area contributed by atoms with Gasteiger partial charge in [0.1, 0.15) is 0 Å². The smallest absolute Gasteiger partial charge is 0.0624 e. The van der Waals surface area contributed by atoms with Gasteiger partial charge in [0.25, 0.3) is 0 Å². The van der Waals surface area contributed by atoms with Gasteiger partial charge in [0.15, 0.2) is 0 Å². The quantitative estimate of drug-likeness (QED) is 0.472. The summed E-state index contributed by atoms with van der Waals surface area (Å²) >= 11 is 12.3. The molecule has 1 aromatic rings. The van der Waals surface area contributed by atoms with E-state index in [4.69, 9.17) is 23.2 Å². The van der Waals surface area contributed by atoms with E-state index in [-0.39, 0.29) is 0 Å². The lowest BCUT2D eigenvalue weighted by Gasteiger charge is -2.17. The van der Waals surface area contributed by atoms with Crippen LogP contribution in [0.25, 0.3) is 0 Å². The summed E-state index contributed by atoms with van der Waals surface area (Å²) in [6.45, 7) is 2.26. The summed E-state index contributed by atoms with van der Waals surface area (Å²) in [6.07, 6.45) is 11.6. The molecule has 0 heterocycles. The fourth-order valence-corrected chi connectivity index (χ4v) is 3.07. The number of likely N-dealkylation sites (N-methyl/N-ethyl adjacent to an activating group) is 1. The van der Waals surface area contributed by atoms with E-state index in [9.17, 15) is 0 Å². The molecular weight excluding hydrogens is 301 g/mol. The zero-order chi connectivity index (χ0) is 15.5. The summed E-state index contributed by atoms with van der Waals surface area (Å²) < 4.78 is 0. The molecule has 1 unspecified atom stereocenters. The highest BCUT2D eigenvalue weighted by Crippen LogP contribution is 2.27. The zero-order valence-electron chi connectivity index (χ0n) is 13.4. The molecule has 1 atom stereocenters. The average Bonchev–Trinajstić information content (AvgIpc) is 2.49. The molecule has 21 heavy (non-hydrogen) atoms. The van der Waals surface area contributed by atoms with Crippen LogP contribution in [0.4, 0.5) is 0 Å². The largest absolute Gasteiger partial charge is 0.317 e. The molecule has 3 heteroatoms. The molecule has 0 radical (unpaired) electrons. The van der Waals surface area contributed by atoms with Crippen molar-refractivity contribution >= 4 is 23.2 Å². The molecule has 0 saturated carbocycles. The van der Waals surface area contributed by atoms with Gasteiger partial charge >= 0.3 is 0 Å². The van der Waals surface area contributed by atoms with E-state index in [2.05, 4.69) is 18.3 Å². The molecule has 1 nitrogen and oxygen atoms in total. The first-order valence-corrected chi connectivity index (χ1v) is 9.04. The lowest BCUT2D eigenvalue weighted by atomic mass is 9.99. The fourth-order valence-electron chi connectivity index (χ4n) is 2.67. The van der Waals surface area contributed by atoms with Gasteiger partial charge in [-0.25, -0.2) is 0 Å². The molecule has 120 valence electrons. The number of rotatable bonds is 11. The summed E-state index contributed by atoms with van der Waals surface area (Å²) in [5.41, 5.74) is 1.14. The summed E-state index contributed by atoms with van der Waals surface area (Å²) in [4.78, 5) is 0. The van der Waals surface area contributed by atoms with Crippen molar-refractivity contribution in [3.63, 3.8) is 0 Å². The third-order valence-corrected chi connectivity index (χ3v) is 4.92. The molecule has 0 saturated heterocycles. The monoisotopic (exact) mass is 329 g/mol. The van der Waals surface area contributed by atoms with Crippen molar-refractivity contribution in [1.82, 2.24) is 5.32 Å². The first-order chi connectivity index (χ1) is 10.2. The van der Waals surface area contributed by atoms with Gasteiger partial charge in [0, 0.05) is 6.04 Å². The molecular formula is C18H29Cl2N. The Kier molecular flexibility index (Phi) is 10.2. The van der Waals surface area contributed by atoms with E-state index in [1.807, 2.05) is 19.2 Å². The molecule has 1 N–H and O–H groups in total. The van der Waals surface area contributed by atoms with Crippen molar-refractivity contribution in [2.24, 2.45) is 0 Å². The van der Waals surface area contributed by atoms with Gasteiger partial charge < -0.3 is 5.32 Å². The third kappa shape index (κ3) is 7.54. The van der Waals surface area contributed by atoms with Gasteiger partial charge in [-0.15, -0.1) is 0 Å². The van der Waals surface area contributed by atoms with Gasteiger partial charge in [-0.1, -0.05) is 87.2 Å². The molecule has 0 bridgehead atoms. The van der Waals surface area contributed by atoms with Crippen LogP contribution >= 0.6 is 23.2 Å². The van der Waals surface area contributed by atoms with Crippen LogP contribution in [-0.4, -0.2) is 13.1 Å². The highest BCUT2D eigenvalue weighted by molar-refractivity contribution is 6.42. The summed E-state index contributed by atoms with van der Waals surface area (Å²) in [6, 6.07) is 6.38. The maximum absolute atomic E-state index is 6.27. The SMILES string of the molecule is CCCCCCCCCC(Cc1cccc(Cl)c1Cl)NC. The minimum atomic E-state index is 0.483. The van der Waals surface area contributed by atoms with Crippen LogP contribution in [0.15, 0.2) is 18.2 Å². The second kappa shape index (κ2) is 11.3. The van der Waals surface area contributed by atoms with Crippen LogP contribution in [0.5, 0.6) is 0 Å². The Labute approximate surface area is 140 Å². The van der Waals surface area contributed by atoms with E-state index in [1.54, 1.807) is 0 Å². The Bertz CT molecular complexity index is 393. The maximum atomic E-state index is 6.27. The van der Waals surface area contributed by atoms with Crippen molar-refractivity contribution in [2.75, 3.05) is 7.05 Å². The van der Waals surface area contributed by atoms with Crippen molar-refractivity contribution in [3.8, 4) is 0 Å². The molecule has 0 amide bonds. The Morgan fingerprint density at radius 1 is 1.00 bits per heavy atom. The molecule has 0 aromatic heterocycles. The lowest BCUT2D eigenvalue weighted by Crippen LogP contribution is -2.27. The number of halogens is 2. The molecule has 1 rings (SSSR count). The first kappa shape index (κ1) is 18.8. The average molecular weight is 330 g/mol. The zero-order valence-corrected chi connectivity index (χ0v) is 14.9. The van der Waals surface area contributed by atoms with Crippen molar-refractivity contribution in [3.05, 3.63) is 33.8 Å². The van der Waals surface area contributed by atoms with E-state index in [0.717, 1.165) is 12.0 Å². The van der Waals surface area contributed by atoms with Gasteiger partial charge in [-0.2, -0.15) is 0 Å². The van der Waals surface area contributed by atoms with Crippen LogP contribution < -0.4 is 5.32 Å². The maximum Gasteiger partial charge on any atom is 0.0624 e. The topological polar surface area (TPSA) is 12.0 Å². The minimum absolute atomic E-state index is 0.483. The second-order valence-electron chi connectivity index (χ2n) is 5.81. The Balaban J connectivity index is 2.27. The molecule has 0 aliphatic carbocycles. The van der Waals surface area contributed by atoms with Crippen LogP contribution in [0, 0.1) is 0 Å². The van der Waals surface area contributed by atoms with Gasteiger partial charge in [0.05, 0.1) is 10.0 Å². The van der Waals surface area contributed by atoms with Gasteiger partial charge in [-0.3, -0.25) is 0 Å². The number of benzene rings is 1. The number of unbranched alkanes of at least 4 members (excludes halogenated alkanes) is 6. The molecule has 0 aliphatic rings. The highest BCUT2D eigenvalue weighted by Gasteiger charge is 2.11. The highest BCUT2D eigenvalue weighted by atomic mass is 35.5. The number of hydrogen-bond acceptors (Lipinski definition) is 1. The molecule has 0 fully saturated rings. The molecule has 1 aromatic carbocycles. The number of nitrogens with one attached hydrogen (secondary N) is 1. The Morgan fingerprint density at radius 2 is 1.67 bits per heavy atom. The molecule has 0 spiro atoms. The Hall–Kier alpha value is -0.240. The van der Waals surface area contributed by atoms with Crippen LogP contribution in [0.2, 0.25) is 10.0 Å². The van der Waals surface area contributed by atoms with Gasteiger partial charge in [-0.05, 0) is 31.5 Å². The Morgan fingerprint density at radius 3 is 2.33 bits per heavy atom. The van der Waals surface area contributed by atoms with Crippen LogP contribution in [0.1, 0.15) is 63.9 Å². The normalized spacial score (nSPS) is 12.6. The first-order valence-electron chi connectivity index (χ1n) is 8.29. The predicted molar refractivity (Wildman–Crippen MR) is 95.6 cm³/mol.